The Bertz CT molecular complexity index is 1630. The number of para-hydroxylation sites is 1. The Morgan fingerprint density at radius 2 is 1.76 bits per heavy atom. The maximum Gasteiger partial charge on any atom is 0.229 e. The molecule has 0 amide bonds. The third-order valence-corrected chi connectivity index (χ3v) is 7.67. The van der Waals surface area contributed by atoms with Gasteiger partial charge in [0, 0.05) is 17.0 Å². The molecule has 2 aromatic heterocycles. The highest BCUT2D eigenvalue weighted by Crippen LogP contribution is 2.30. The van der Waals surface area contributed by atoms with Gasteiger partial charge >= 0.3 is 0 Å². The molecule has 0 unspecified atom stereocenters. The molecule has 0 saturated carbocycles. The lowest BCUT2D eigenvalue weighted by molar-refractivity contribution is 0.592. The van der Waals surface area contributed by atoms with E-state index in [1.165, 1.54) is 4.52 Å². The molecule has 0 radical (unpaired) electrons. The van der Waals surface area contributed by atoms with Crippen LogP contribution in [0.25, 0.3) is 16.6 Å². The van der Waals surface area contributed by atoms with Crippen molar-refractivity contribution in [2.75, 3.05) is 5.32 Å². The average molecular weight is 478 g/mol. The summed E-state index contributed by atoms with van der Waals surface area (Å²) in [6.45, 7) is 4.04. The summed E-state index contributed by atoms with van der Waals surface area (Å²) in [5.41, 5.74) is 3.24. The van der Waals surface area contributed by atoms with Crippen molar-refractivity contribution in [3.05, 3.63) is 88.4 Å². The van der Waals surface area contributed by atoms with Crippen LogP contribution in [-0.4, -0.2) is 28.2 Å². The predicted octanol–water partition coefficient (Wildman–Crippen LogP) is 4.99. The fourth-order valence-corrected chi connectivity index (χ4v) is 5.54. The second-order valence-electron chi connectivity index (χ2n) is 7.82. The van der Waals surface area contributed by atoms with Gasteiger partial charge in [-0.2, -0.15) is 4.52 Å². The van der Waals surface area contributed by atoms with Crippen molar-refractivity contribution in [3.63, 3.8) is 0 Å². The molecule has 0 aliphatic rings. The number of anilines is 1. The van der Waals surface area contributed by atoms with Gasteiger partial charge in [-0.3, -0.25) is 0 Å². The van der Waals surface area contributed by atoms with Crippen LogP contribution in [0.3, 0.4) is 0 Å². The van der Waals surface area contributed by atoms with Crippen molar-refractivity contribution in [1.82, 2.24) is 19.8 Å². The molecule has 0 aliphatic heterocycles. The molecule has 0 fully saturated rings. The van der Waals surface area contributed by atoms with Crippen molar-refractivity contribution >= 4 is 43.8 Å². The van der Waals surface area contributed by atoms with E-state index in [1.807, 2.05) is 61.5 Å². The molecule has 5 rings (SSSR count). The van der Waals surface area contributed by atoms with Crippen LogP contribution in [0.5, 0.6) is 0 Å². The number of rotatable bonds is 5. The van der Waals surface area contributed by atoms with Gasteiger partial charge in [0.2, 0.25) is 14.9 Å². The minimum absolute atomic E-state index is 0.163. The average Bonchev–Trinajstić information content (AvgIpc) is 3.25. The minimum atomic E-state index is -3.94. The quantitative estimate of drug-likeness (QED) is 0.383. The summed E-state index contributed by atoms with van der Waals surface area (Å²) >= 11 is 6.30. The van der Waals surface area contributed by atoms with Gasteiger partial charge in [-0.25, -0.2) is 13.4 Å². The summed E-state index contributed by atoms with van der Waals surface area (Å²) in [5.74, 6) is 0.526. The van der Waals surface area contributed by atoms with Crippen LogP contribution in [0.4, 0.5) is 5.82 Å². The van der Waals surface area contributed by atoms with Crippen LogP contribution in [0.15, 0.2) is 76.7 Å². The van der Waals surface area contributed by atoms with Crippen molar-refractivity contribution < 1.29 is 8.42 Å². The molecule has 0 saturated heterocycles. The number of fused-ring (bicyclic) bond motifs is 3. The van der Waals surface area contributed by atoms with Crippen molar-refractivity contribution in [3.8, 4) is 0 Å². The van der Waals surface area contributed by atoms with E-state index >= 15 is 0 Å². The van der Waals surface area contributed by atoms with E-state index in [0.717, 1.165) is 16.5 Å². The number of nitrogens with one attached hydrogen (secondary N) is 1. The van der Waals surface area contributed by atoms with Crippen LogP contribution in [0.1, 0.15) is 16.7 Å². The summed E-state index contributed by atoms with van der Waals surface area (Å²) in [4.78, 5) is 4.86. The largest absolute Gasteiger partial charge is 0.365 e. The number of hydrogen-bond donors (Lipinski definition) is 1. The van der Waals surface area contributed by atoms with Crippen LogP contribution < -0.4 is 5.32 Å². The number of hydrogen-bond acceptors (Lipinski definition) is 6. The van der Waals surface area contributed by atoms with E-state index in [4.69, 9.17) is 11.6 Å². The van der Waals surface area contributed by atoms with Gasteiger partial charge in [-0.1, -0.05) is 59.3 Å². The maximum atomic E-state index is 13.6. The molecule has 7 nitrogen and oxygen atoms in total. The van der Waals surface area contributed by atoms with Gasteiger partial charge in [0.15, 0.2) is 5.65 Å². The SMILES string of the molecule is Cc1ccc(C)c(S(=O)(=O)c2nnn3c2nc(NCc2ccccc2Cl)c2ccccc23)c1. The Hall–Kier alpha value is -3.49. The van der Waals surface area contributed by atoms with E-state index < -0.39 is 9.84 Å². The first-order valence-corrected chi connectivity index (χ1v) is 12.2. The number of sulfone groups is 1. The zero-order valence-electron chi connectivity index (χ0n) is 17.9. The van der Waals surface area contributed by atoms with Gasteiger partial charge in [0.25, 0.3) is 0 Å². The molecular weight excluding hydrogens is 458 g/mol. The van der Waals surface area contributed by atoms with Crippen LogP contribution >= 0.6 is 11.6 Å². The van der Waals surface area contributed by atoms with Gasteiger partial charge in [-0.15, -0.1) is 5.10 Å². The molecule has 3 aromatic carbocycles. The summed E-state index contributed by atoms with van der Waals surface area (Å²) in [5, 5.41) is 12.7. The smallest absolute Gasteiger partial charge is 0.229 e. The molecule has 9 heteroatoms. The zero-order chi connectivity index (χ0) is 23.2. The molecule has 5 aromatic rings. The molecule has 166 valence electrons. The van der Waals surface area contributed by atoms with Gasteiger partial charge in [0.05, 0.1) is 10.4 Å². The molecule has 33 heavy (non-hydrogen) atoms. The number of aryl methyl sites for hydroxylation is 2. The monoisotopic (exact) mass is 477 g/mol. The highest BCUT2D eigenvalue weighted by atomic mass is 35.5. The lowest BCUT2D eigenvalue weighted by atomic mass is 10.2. The molecule has 2 heterocycles. The Morgan fingerprint density at radius 1 is 1.00 bits per heavy atom. The molecular formula is C24H20ClN5O2S. The lowest BCUT2D eigenvalue weighted by Gasteiger charge is -2.12. The van der Waals surface area contributed by atoms with Crippen LogP contribution in [0.2, 0.25) is 5.02 Å². The molecule has 0 bridgehead atoms. The standard InChI is InChI=1S/C24H20ClN5O2S/c1-15-11-12-16(2)21(13-15)33(31,32)24-23-27-22(26-14-17-7-3-5-9-19(17)25)18-8-4-6-10-20(18)30(23)29-28-24/h3-13H,14H2,1-2H3,(H,26,27). The van der Waals surface area contributed by atoms with E-state index in [1.54, 1.807) is 19.1 Å². The van der Waals surface area contributed by atoms with Crippen LogP contribution in [0, 0.1) is 13.8 Å². The maximum absolute atomic E-state index is 13.6. The highest BCUT2D eigenvalue weighted by molar-refractivity contribution is 7.91. The first-order chi connectivity index (χ1) is 15.9. The van der Waals surface area contributed by atoms with Crippen molar-refractivity contribution in [2.24, 2.45) is 0 Å². The third-order valence-electron chi connectivity index (χ3n) is 5.51. The van der Waals surface area contributed by atoms with E-state index in [2.05, 4.69) is 20.6 Å². The first kappa shape index (κ1) is 21.4. The Kier molecular flexibility index (Phi) is 5.26. The number of halogens is 1. The predicted molar refractivity (Wildman–Crippen MR) is 128 cm³/mol. The van der Waals surface area contributed by atoms with E-state index in [9.17, 15) is 8.42 Å². The Labute approximate surface area is 196 Å². The highest BCUT2D eigenvalue weighted by Gasteiger charge is 2.28. The van der Waals surface area contributed by atoms with Crippen molar-refractivity contribution in [1.29, 1.82) is 0 Å². The number of nitrogens with zero attached hydrogens (tertiary/aromatic N) is 4. The summed E-state index contributed by atoms with van der Waals surface area (Å²) in [6.07, 6.45) is 0. The number of aromatic nitrogens is 4. The fourth-order valence-electron chi connectivity index (χ4n) is 3.78. The Morgan fingerprint density at radius 3 is 2.58 bits per heavy atom. The van der Waals surface area contributed by atoms with E-state index in [0.29, 0.717) is 28.5 Å². The molecule has 1 N–H and O–H groups in total. The van der Waals surface area contributed by atoms with Gasteiger partial charge in [-0.05, 0) is 54.8 Å². The molecule has 0 atom stereocenters. The summed E-state index contributed by atoms with van der Waals surface area (Å²) in [7, 11) is -3.94. The second-order valence-corrected chi connectivity index (χ2v) is 10.1. The van der Waals surface area contributed by atoms with Crippen molar-refractivity contribution in [2.45, 2.75) is 30.3 Å². The fraction of sp³-hybridized carbons (Fsp3) is 0.125. The van der Waals surface area contributed by atoms with Gasteiger partial charge < -0.3 is 5.32 Å². The molecule has 0 spiro atoms. The minimum Gasteiger partial charge on any atom is -0.365 e. The summed E-state index contributed by atoms with van der Waals surface area (Å²) < 4.78 is 28.6. The topological polar surface area (TPSA) is 89.2 Å². The van der Waals surface area contributed by atoms with Crippen LogP contribution in [-0.2, 0) is 16.4 Å². The zero-order valence-corrected chi connectivity index (χ0v) is 19.5. The first-order valence-electron chi connectivity index (χ1n) is 10.3. The molecule has 0 aliphatic carbocycles. The number of benzene rings is 3. The Balaban J connectivity index is 1.69. The lowest BCUT2D eigenvalue weighted by Crippen LogP contribution is -2.08. The third kappa shape index (κ3) is 3.71. The summed E-state index contributed by atoms with van der Waals surface area (Å²) in [6, 6.07) is 20.3. The van der Waals surface area contributed by atoms with E-state index in [-0.39, 0.29) is 15.6 Å². The second kappa shape index (κ2) is 8.13. The van der Waals surface area contributed by atoms with Gasteiger partial charge in [0.1, 0.15) is 5.82 Å². The normalized spacial score (nSPS) is 11.8.